The molecule has 0 aliphatic carbocycles. The van der Waals surface area contributed by atoms with Crippen molar-refractivity contribution in [2.75, 3.05) is 12.8 Å². The van der Waals surface area contributed by atoms with Gasteiger partial charge in [-0.25, -0.2) is 8.78 Å². The van der Waals surface area contributed by atoms with E-state index in [1.165, 1.54) is 17.0 Å². The van der Waals surface area contributed by atoms with E-state index in [1.807, 2.05) is 25.3 Å². The van der Waals surface area contributed by atoms with Gasteiger partial charge in [0.25, 0.3) is 0 Å². The van der Waals surface area contributed by atoms with Crippen LogP contribution in [0.5, 0.6) is 0 Å². The number of nitrogens with one attached hydrogen (secondary N) is 1. The summed E-state index contributed by atoms with van der Waals surface area (Å²) in [7, 11) is 0. The van der Waals surface area contributed by atoms with Crippen LogP contribution in [-0.4, -0.2) is 12.8 Å². The molecular formula is C17H19F2NS. The largest absolute Gasteiger partial charge is 0.310 e. The lowest BCUT2D eigenvalue weighted by atomic mass is 9.98. The highest BCUT2D eigenvalue weighted by atomic mass is 32.2. The molecule has 1 unspecified atom stereocenters. The van der Waals surface area contributed by atoms with E-state index in [-0.39, 0.29) is 6.04 Å². The Morgan fingerprint density at radius 3 is 2.38 bits per heavy atom. The molecule has 0 radical (unpaired) electrons. The second-order valence-electron chi connectivity index (χ2n) is 4.83. The monoisotopic (exact) mass is 307 g/mol. The summed E-state index contributed by atoms with van der Waals surface area (Å²) < 4.78 is 26.7. The minimum atomic E-state index is -0.529. The normalized spacial score (nSPS) is 12.4. The summed E-state index contributed by atoms with van der Waals surface area (Å²) in [4.78, 5) is 1.18. The zero-order valence-corrected chi connectivity index (χ0v) is 13.0. The van der Waals surface area contributed by atoms with Crippen LogP contribution in [0.2, 0.25) is 0 Å². The molecule has 2 aromatic carbocycles. The summed E-state index contributed by atoms with van der Waals surface area (Å²) in [6.07, 6.45) is 2.59. The van der Waals surface area contributed by atoms with Crippen molar-refractivity contribution in [1.82, 2.24) is 5.32 Å². The highest BCUT2D eigenvalue weighted by Crippen LogP contribution is 2.28. The van der Waals surface area contributed by atoms with E-state index in [9.17, 15) is 8.78 Å². The Morgan fingerprint density at radius 2 is 1.76 bits per heavy atom. The second-order valence-corrected chi connectivity index (χ2v) is 5.68. The third-order valence-corrected chi connectivity index (χ3v) is 4.14. The molecule has 0 aromatic heterocycles. The summed E-state index contributed by atoms with van der Waals surface area (Å²) in [6.45, 7) is 2.83. The molecule has 21 heavy (non-hydrogen) atoms. The molecule has 0 saturated heterocycles. The van der Waals surface area contributed by atoms with Gasteiger partial charge in [-0.3, -0.25) is 0 Å². The molecule has 0 aliphatic heterocycles. The van der Waals surface area contributed by atoms with E-state index in [0.717, 1.165) is 18.2 Å². The van der Waals surface area contributed by atoms with Gasteiger partial charge in [0.1, 0.15) is 11.6 Å². The number of halogens is 2. The molecule has 0 spiro atoms. The quantitative estimate of drug-likeness (QED) is 0.784. The summed E-state index contributed by atoms with van der Waals surface area (Å²) in [6, 6.07) is 11.9. The van der Waals surface area contributed by atoms with Gasteiger partial charge in [-0.1, -0.05) is 25.1 Å². The number of thioether (sulfide) groups is 1. The van der Waals surface area contributed by atoms with Crippen molar-refractivity contribution in [2.45, 2.75) is 24.3 Å². The number of rotatable bonds is 6. The van der Waals surface area contributed by atoms with Crippen LogP contribution in [0.1, 0.15) is 24.1 Å². The first-order valence-electron chi connectivity index (χ1n) is 6.95. The van der Waals surface area contributed by atoms with Gasteiger partial charge in [0.05, 0.1) is 0 Å². The van der Waals surface area contributed by atoms with Gasteiger partial charge in [0.15, 0.2) is 0 Å². The number of likely N-dealkylation sites (N-methyl/N-ethyl adjacent to an activating group) is 1. The molecule has 112 valence electrons. The van der Waals surface area contributed by atoms with Crippen LogP contribution in [0.25, 0.3) is 0 Å². The summed E-state index contributed by atoms with van der Waals surface area (Å²) in [5.74, 6) is -1.06. The van der Waals surface area contributed by atoms with Crippen LogP contribution in [0, 0.1) is 11.6 Å². The standard InChI is InChI=1S/C17H19F2NS/c1-3-20-16(15-6-4-5-7-17(15)21-2)10-12-8-13(18)11-14(19)9-12/h4-9,11,16,20H,3,10H2,1-2H3. The van der Waals surface area contributed by atoms with E-state index < -0.39 is 11.6 Å². The maximum Gasteiger partial charge on any atom is 0.126 e. The highest BCUT2D eigenvalue weighted by molar-refractivity contribution is 7.98. The van der Waals surface area contributed by atoms with E-state index in [1.54, 1.807) is 11.8 Å². The number of hydrogen-bond acceptors (Lipinski definition) is 2. The van der Waals surface area contributed by atoms with Crippen LogP contribution in [0.15, 0.2) is 47.4 Å². The number of benzene rings is 2. The molecule has 0 heterocycles. The van der Waals surface area contributed by atoms with Gasteiger partial charge in [-0.2, -0.15) is 0 Å². The fourth-order valence-electron chi connectivity index (χ4n) is 2.46. The zero-order valence-electron chi connectivity index (χ0n) is 12.2. The summed E-state index contributed by atoms with van der Waals surface area (Å²) in [5.41, 5.74) is 1.82. The fraction of sp³-hybridized carbons (Fsp3) is 0.294. The third kappa shape index (κ3) is 4.29. The fourth-order valence-corrected chi connectivity index (χ4v) is 3.12. The molecular weight excluding hydrogens is 288 g/mol. The molecule has 0 aliphatic rings. The van der Waals surface area contributed by atoms with Gasteiger partial charge in [0.2, 0.25) is 0 Å². The van der Waals surface area contributed by atoms with Crippen molar-refractivity contribution >= 4 is 11.8 Å². The lowest BCUT2D eigenvalue weighted by Gasteiger charge is -2.21. The molecule has 1 N–H and O–H groups in total. The summed E-state index contributed by atoms with van der Waals surface area (Å²) in [5, 5.41) is 3.40. The van der Waals surface area contributed by atoms with E-state index >= 15 is 0 Å². The van der Waals surface area contributed by atoms with E-state index in [0.29, 0.717) is 12.0 Å². The maximum absolute atomic E-state index is 13.3. The van der Waals surface area contributed by atoms with Gasteiger partial charge in [-0.15, -0.1) is 11.8 Å². The van der Waals surface area contributed by atoms with Crippen LogP contribution in [0.4, 0.5) is 8.78 Å². The van der Waals surface area contributed by atoms with Gasteiger partial charge in [0, 0.05) is 17.0 Å². The molecule has 0 saturated carbocycles. The van der Waals surface area contributed by atoms with Crippen molar-refractivity contribution in [3.05, 3.63) is 65.2 Å². The highest BCUT2D eigenvalue weighted by Gasteiger charge is 2.15. The number of hydrogen-bond donors (Lipinski definition) is 1. The molecule has 4 heteroatoms. The van der Waals surface area contributed by atoms with Crippen molar-refractivity contribution in [2.24, 2.45) is 0 Å². The Morgan fingerprint density at radius 1 is 1.10 bits per heavy atom. The Labute approximate surface area is 128 Å². The average Bonchev–Trinajstić information content (AvgIpc) is 2.45. The Bertz CT molecular complexity index is 581. The first kappa shape index (κ1) is 16.0. The van der Waals surface area contributed by atoms with E-state index in [4.69, 9.17) is 0 Å². The van der Waals surface area contributed by atoms with Crippen LogP contribution in [-0.2, 0) is 6.42 Å². The average molecular weight is 307 g/mol. The summed E-state index contributed by atoms with van der Waals surface area (Å²) >= 11 is 1.68. The minimum Gasteiger partial charge on any atom is -0.310 e. The van der Waals surface area contributed by atoms with Gasteiger partial charge < -0.3 is 5.32 Å². The minimum absolute atomic E-state index is 0.0415. The van der Waals surface area contributed by atoms with Crippen molar-refractivity contribution in [3.63, 3.8) is 0 Å². The lowest BCUT2D eigenvalue weighted by molar-refractivity contribution is 0.533. The molecule has 0 bridgehead atoms. The first-order chi connectivity index (χ1) is 10.1. The predicted molar refractivity (Wildman–Crippen MR) is 84.7 cm³/mol. The van der Waals surface area contributed by atoms with Crippen LogP contribution >= 0.6 is 11.8 Å². The Hall–Kier alpha value is -1.39. The lowest BCUT2D eigenvalue weighted by Crippen LogP contribution is -2.23. The third-order valence-electron chi connectivity index (χ3n) is 3.33. The van der Waals surface area contributed by atoms with Crippen LogP contribution < -0.4 is 5.32 Å². The SMILES string of the molecule is CCNC(Cc1cc(F)cc(F)c1)c1ccccc1SC. The van der Waals surface area contributed by atoms with E-state index in [2.05, 4.69) is 17.4 Å². The van der Waals surface area contributed by atoms with Crippen LogP contribution in [0.3, 0.4) is 0 Å². The van der Waals surface area contributed by atoms with Crippen molar-refractivity contribution in [1.29, 1.82) is 0 Å². The predicted octanol–water partition coefficient (Wildman–Crippen LogP) is 4.58. The maximum atomic E-state index is 13.3. The molecule has 0 fully saturated rings. The van der Waals surface area contributed by atoms with Gasteiger partial charge in [-0.05, 0) is 48.5 Å². The molecule has 1 nitrogen and oxygen atoms in total. The topological polar surface area (TPSA) is 12.0 Å². The van der Waals surface area contributed by atoms with Gasteiger partial charge >= 0.3 is 0 Å². The zero-order chi connectivity index (χ0) is 15.2. The smallest absolute Gasteiger partial charge is 0.126 e. The Kier molecular flexibility index (Phi) is 5.76. The molecule has 2 aromatic rings. The molecule has 0 amide bonds. The first-order valence-corrected chi connectivity index (χ1v) is 8.17. The second kappa shape index (κ2) is 7.57. The Balaban J connectivity index is 2.30. The molecule has 2 rings (SSSR count). The van der Waals surface area contributed by atoms with Crippen molar-refractivity contribution < 1.29 is 8.78 Å². The molecule has 1 atom stereocenters. The van der Waals surface area contributed by atoms with Crippen molar-refractivity contribution in [3.8, 4) is 0 Å².